The Balaban J connectivity index is 2.04. The van der Waals surface area contributed by atoms with Crippen LogP contribution < -0.4 is 10.2 Å². The van der Waals surface area contributed by atoms with Crippen molar-refractivity contribution in [1.82, 2.24) is 0 Å². The van der Waals surface area contributed by atoms with Crippen molar-refractivity contribution in [2.75, 3.05) is 16.8 Å². The predicted molar refractivity (Wildman–Crippen MR) is 98.3 cm³/mol. The Labute approximate surface area is 147 Å². The van der Waals surface area contributed by atoms with Crippen molar-refractivity contribution in [2.24, 2.45) is 0 Å². The van der Waals surface area contributed by atoms with Crippen LogP contribution in [0.3, 0.4) is 0 Å². The number of nitriles is 1. The fourth-order valence-electron chi connectivity index (χ4n) is 2.70. The molecule has 0 aliphatic carbocycles. The molecule has 0 saturated carbocycles. The van der Waals surface area contributed by atoms with Gasteiger partial charge in [-0.25, -0.2) is 0 Å². The van der Waals surface area contributed by atoms with Gasteiger partial charge in [-0.05, 0) is 55.3 Å². The first kappa shape index (κ1) is 18.2. The van der Waals surface area contributed by atoms with Crippen molar-refractivity contribution in [3.05, 3.63) is 59.2 Å². The second-order valence-electron chi connectivity index (χ2n) is 6.01. The number of nitrogens with one attached hydrogen (secondary N) is 1. The first-order valence-electron chi connectivity index (χ1n) is 8.05. The van der Waals surface area contributed by atoms with Crippen LogP contribution in [0.5, 0.6) is 0 Å². The molecule has 2 amide bonds. The normalized spacial score (nSPS) is 10.0. The maximum Gasteiger partial charge on any atom is 0.226 e. The van der Waals surface area contributed by atoms with Gasteiger partial charge >= 0.3 is 0 Å². The molecule has 0 heterocycles. The standard InChI is InChI=1S/C20H21N3O2/c1-14-9-15(2)11-18(10-14)22-20(25)7-8-23(16(3)24)19-6-4-5-17(12-19)13-21/h4-6,9-12H,7-8H2,1-3H3,(H,22,25). The maximum absolute atomic E-state index is 12.2. The molecular weight excluding hydrogens is 314 g/mol. The molecule has 2 rings (SSSR count). The highest BCUT2D eigenvalue weighted by molar-refractivity contribution is 5.95. The third-order valence-electron chi connectivity index (χ3n) is 3.73. The van der Waals surface area contributed by atoms with Gasteiger partial charge in [0.25, 0.3) is 0 Å². The van der Waals surface area contributed by atoms with Crippen LogP contribution in [0.4, 0.5) is 11.4 Å². The highest BCUT2D eigenvalue weighted by atomic mass is 16.2. The Kier molecular flexibility index (Phi) is 5.91. The summed E-state index contributed by atoms with van der Waals surface area (Å²) < 4.78 is 0. The van der Waals surface area contributed by atoms with Gasteiger partial charge in [0.1, 0.15) is 0 Å². The average molecular weight is 335 g/mol. The minimum atomic E-state index is -0.172. The van der Waals surface area contributed by atoms with Gasteiger partial charge in [0.15, 0.2) is 0 Å². The zero-order chi connectivity index (χ0) is 18.4. The first-order valence-corrected chi connectivity index (χ1v) is 8.05. The van der Waals surface area contributed by atoms with Gasteiger partial charge in [-0.1, -0.05) is 12.1 Å². The summed E-state index contributed by atoms with van der Waals surface area (Å²) in [6.45, 7) is 5.65. The minimum absolute atomic E-state index is 0.160. The van der Waals surface area contributed by atoms with E-state index < -0.39 is 0 Å². The van der Waals surface area contributed by atoms with Gasteiger partial charge in [0.2, 0.25) is 11.8 Å². The van der Waals surface area contributed by atoms with Crippen molar-refractivity contribution < 1.29 is 9.59 Å². The Morgan fingerprint density at radius 2 is 1.80 bits per heavy atom. The Bertz CT molecular complexity index is 817. The van der Waals surface area contributed by atoms with Crippen LogP contribution in [0.15, 0.2) is 42.5 Å². The molecule has 128 valence electrons. The van der Waals surface area contributed by atoms with Crippen molar-refractivity contribution in [3.8, 4) is 6.07 Å². The van der Waals surface area contributed by atoms with Gasteiger partial charge in [-0.2, -0.15) is 5.26 Å². The molecule has 5 nitrogen and oxygen atoms in total. The molecule has 0 aliphatic heterocycles. The Morgan fingerprint density at radius 3 is 2.40 bits per heavy atom. The number of carbonyl (C=O) groups is 2. The number of amides is 2. The van der Waals surface area contributed by atoms with E-state index in [9.17, 15) is 9.59 Å². The van der Waals surface area contributed by atoms with E-state index in [4.69, 9.17) is 5.26 Å². The minimum Gasteiger partial charge on any atom is -0.326 e. The maximum atomic E-state index is 12.2. The fraction of sp³-hybridized carbons (Fsp3) is 0.250. The molecule has 0 spiro atoms. The topological polar surface area (TPSA) is 73.2 Å². The van der Waals surface area contributed by atoms with E-state index in [-0.39, 0.29) is 24.8 Å². The number of anilines is 2. The number of hydrogen-bond acceptors (Lipinski definition) is 3. The molecule has 0 fully saturated rings. The number of nitrogens with zero attached hydrogens (tertiary/aromatic N) is 2. The Morgan fingerprint density at radius 1 is 1.12 bits per heavy atom. The summed E-state index contributed by atoms with van der Waals surface area (Å²) >= 11 is 0. The summed E-state index contributed by atoms with van der Waals surface area (Å²) in [4.78, 5) is 25.6. The van der Waals surface area contributed by atoms with Gasteiger partial charge in [-0.3, -0.25) is 9.59 Å². The lowest BCUT2D eigenvalue weighted by molar-refractivity contribution is -0.117. The quantitative estimate of drug-likeness (QED) is 0.908. The number of aryl methyl sites for hydroxylation is 2. The average Bonchev–Trinajstić information content (AvgIpc) is 2.54. The molecule has 2 aromatic carbocycles. The lowest BCUT2D eigenvalue weighted by Crippen LogP contribution is -2.32. The smallest absolute Gasteiger partial charge is 0.226 e. The van der Waals surface area contributed by atoms with E-state index in [1.54, 1.807) is 24.3 Å². The van der Waals surface area contributed by atoms with Gasteiger partial charge < -0.3 is 10.2 Å². The lowest BCUT2D eigenvalue weighted by Gasteiger charge is -2.21. The number of rotatable bonds is 5. The van der Waals surface area contributed by atoms with Crippen LogP contribution in [0.25, 0.3) is 0 Å². The second-order valence-corrected chi connectivity index (χ2v) is 6.01. The summed E-state index contributed by atoms with van der Waals surface area (Å²) in [5.41, 5.74) is 4.00. The molecule has 0 atom stereocenters. The zero-order valence-corrected chi connectivity index (χ0v) is 14.7. The van der Waals surface area contributed by atoms with E-state index in [2.05, 4.69) is 11.4 Å². The Hall–Kier alpha value is -3.13. The third kappa shape index (κ3) is 5.18. The molecule has 2 aromatic rings. The molecule has 1 N–H and O–H groups in total. The van der Waals surface area contributed by atoms with E-state index >= 15 is 0 Å². The van der Waals surface area contributed by atoms with Crippen molar-refractivity contribution >= 4 is 23.2 Å². The summed E-state index contributed by atoms with van der Waals surface area (Å²) in [6.07, 6.45) is 0.170. The lowest BCUT2D eigenvalue weighted by atomic mass is 10.1. The molecule has 0 bridgehead atoms. The molecule has 25 heavy (non-hydrogen) atoms. The second kappa shape index (κ2) is 8.11. The van der Waals surface area contributed by atoms with Crippen LogP contribution in [0, 0.1) is 25.2 Å². The van der Waals surface area contributed by atoms with Crippen molar-refractivity contribution in [2.45, 2.75) is 27.2 Å². The van der Waals surface area contributed by atoms with Crippen LogP contribution in [0.2, 0.25) is 0 Å². The van der Waals surface area contributed by atoms with Crippen LogP contribution in [-0.4, -0.2) is 18.4 Å². The predicted octanol–water partition coefficient (Wildman–Crippen LogP) is 3.56. The molecule has 0 aromatic heterocycles. The SMILES string of the molecule is CC(=O)N(CCC(=O)Nc1cc(C)cc(C)c1)c1cccc(C#N)c1. The van der Waals surface area contributed by atoms with E-state index in [1.165, 1.54) is 11.8 Å². The van der Waals surface area contributed by atoms with Gasteiger partial charge in [-0.15, -0.1) is 0 Å². The summed E-state index contributed by atoms with van der Waals surface area (Å²) in [5, 5.41) is 11.9. The number of hydrogen-bond donors (Lipinski definition) is 1. The van der Waals surface area contributed by atoms with Gasteiger partial charge in [0.05, 0.1) is 11.6 Å². The molecule has 0 aliphatic rings. The van der Waals surface area contributed by atoms with Crippen LogP contribution >= 0.6 is 0 Å². The van der Waals surface area contributed by atoms with E-state index in [0.29, 0.717) is 11.3 Å². The summed E-state index contributed by atoms with van der Waals surface area (Å²) in [5.74, 6) is -0.332. The third-order valence-corrected chi connectivity index (χ3v) is 3.73. The largest absolute Gasteiger partial charge is 0.326 e. The van der Waals surface area contributed by atoms with Crippen molar-refractivity contribution in [3.63, 3.8) is 0 Å². The number of carbonyl (C=O) groups excluding carboxylic acids is 2. The fourth-order valence-corrected chi connectivity index (χ4v) is 2.70. The van der Waals surface area contributed by atoms with E-state index in [0.717, 1.165) is 16.8 Å². The highest BCUT2D eigenvalue weighted by Gasteiger charge is 2.14. The summed E-state index contributed by atoms with van der Waals surface area (Å²) in [6, 6.07) is 14.7. The van der Waals surface area contributed by atoms with E-state index in [1.807, 2.05) is 32.0 Å². The molecule has 0 radical (unpaired) electrons. The van der Waals surface area contributed by atoms with Crippen LogP contribution in [0.1, 0.15) is 30.0 Å². The molecule has 5 heteroatoms. The molecule has 0 unspecified atom stereocenters. The zero-order valence-electron chi connectivity index (χ0n) is 14.7. The van der Waals surface area contributed by atoms with Gasteiger partial charge in [0, 0.05) is 31.3 Å². The molecule has 0 saturated heterocycles. The van der Waals surface area contributed by atoms with Crippen LogP contribution in [-0.2, 0) is 9.59 Å². The van der Waals surface area contributed by atoms with Crippen molar-refractivity contribution in [1.29, 1.82) is 5.26 Å². The molecular formula is C20H21N3O2. The summed E-state index contributed by atoms with van der Waals surface area (Å²) in [7, 11) is 0. The highest BCUT2D eigenvalue weighted by Crippen LogP contribution is 2.17. The number of benzene rings is 2. The first-order chi connectivity index (χ1) is 11.9. The monoisotopic (exact) mass is 335 g/mol.